The number of imide groups is 1. The molecule has 25 heavy (non-hydrogen) atoms. The average Bonchev–Trinajstić information content (AvgIpc) is 2.77. The van der Waals surface area contributed by atoms with Gasteiger partial charge in [0, 0.05) is 11.8 Å². The van der Waals surface area contributed by atoms with Crippen molar-refractivity contribution in [3.63, 3.8) is 0 Å². The van der Waals surface area contributed by atoms with Crippen molar-refractivity contribution in [2.24, 2.45) is 5.92 Å². The third kappa shape index (κ3) is 4.66. The van der Waals surface area contributed by atoms with Crippen LogP contribution in [0.25, 0.3) is 5.57 Å². The highest BCUT2D eigenvalue weighted by atomic mass is 32.2. The fourth-order valence-corrected chi connectivity index (χ4v) is 3.63. The largest absolute Gasteiger partial charge is 0.494 e. The number of carbonyl (C=O) groups is 2. The van der Waals surface area contributed by atoms with Gasteiger partial charge < -0.3 is 4.74 Å². The van der Waals surface area contributed by atoms with Gasteiger partial charge in [-0.05, 0) is 30.0 Å². The number of thioether (sulfide) groups is 1. The molecule has 0 saturated carbocycles. The number of benzene rings is 1. The summed E-state index contributed by atoms with van der Waals surface area (Å²) in [5, 5.41) is 0.230. The van der Waals surface area contributed by atoms with Crippen LogP contribution < -0.4 is 4.74 Å². The van der Waals surface area contributed by atoms with E-state index in [0.29, 0.717) is 23.6 Å². The van der Waals surface area contributed by atoms with Crippen LogP contribution in [0.2, 0.25) is 0 Å². The van der Waals surface area contributed by atoms with E-state index in [4.69, 9.17) is 4.74 Å². The van der Waals surface area contributed by atoms with E-state index in [2.05, 4.69) is 6.92 Å². The fraction of sp³-hybridized carbons (Fsp3) is 0.500. The molecule has 1 aliphatic rings. The van der Waals surface area contributed by atoms with Gasteiger partial charge in [0.1, 0.15) is 5.75 Å². The third-order valence-electron chi connectivity index (χ3n) is 3.64. The van der Waals surface area contributed by atoms with Gasteiger partial charge in [-0.15, -0.1) is 11.8 Å². The summed E-state index contributed by atoms with van der Waals surface area (Å²) in [6.07, 6.45) is 0.944. The van der Waals surface area contributed by atoms with E-state index < -0.39 is 0 Å². The molecule has 0 fully saturated rings. The molecule has 0 bridgehead atoms. The second-order valence-corrected chi connectivity index (χ2v) is 8.45. The third-order valence-corrected chi connectivity index (χ3v) is 4.73. The van der Waals surface area contributed by atoms with Crippen molar-refractivity contribution in [3.05, 3.63) is 34.7 Å². The summed E-state index contributed by atoms with van der Waals surface area (Å²) in [7, 11) is 0. The molecule has 0 aromatic heterocycles. The minimum atomic E-state index is -0.191. The first-order chi connectivity index (χ1) is 11.8. The Bertz CT molecular complexity index is 662. The summed E-state index contributed by atoms with van der Waals surface area (Å²) in [5.74, 6) is 0.658. The van der Waals surface area contributed by atoms with Crippen LogP contribution in [-0.4, -0.2) is 35.1 Å². The number of amides is 2. The van der Waals surface area contributed by atoms with Gasteiger partial charge in [0.2, 0.25) is 0 Å². The predicted molar refractivity (Wildman–Crippen MR) is 103 cm³/mol. The van der Waals surface area contributed by atoms with Gasteiger partial charge in [0.25, 0.3) is 11.8 Å². The summed E-state index contributed by atoms with van der Waals surface area (Å²) < 4.78 is 5.60. The van der Waals surface area contributed by atoms with Crippen molar-refractivity contribution in [1.29, 1.82) is 0 Å². The maximum Gasteiger partial charge on any atom is 0.268 e. The molecule has 0 atom stereocenters. The molecular weight excluding hydrogens is 334 g/mol. The van der Waals surface area contributed by atoms with Crippen LogP contribution in [0.5, 0.6) is 5.75 Å². The zero-order valence-electron chi connectivity index (χ0n) is 15.7. The Morgan fingerprint density at radius 2 is 1.68 bits per heavy atom. The number of rotatable bonds is 8. The number of ether oxygens (including phenoxy) is 1. The quantitative estimate of drug-likeness (QED) is 0.646. The van der Waals surface area contributed by atoms with Crippen molar-refractivity contribution in [3.8, 4) is 5.75 Å². The standard InChI is InChI=1S/C20H27NO3S/c1-6-11-24-16-9-7-15(8-10-16)17-18(25-14(4)5)20(23)21(19(17)22)12-13(2)3/h7-10,13-14H,6,11-12H2,1-5H3. The van der Waals surface area contributed by atoms with Gasteiger partial charge in [-0.2, -0.15) is 0 Å². The Balaban J connectivity index is 2.36. The normalized spacial score (nSPS) is 15.1. The van der Waals surface area contributed by atoms with E-state index in [1.54, 1.807) is 0 Å². The number of hydrogen-bond donors (Lipinski definition) is 0. The summed E-state index contributed by atoms with van der Waals surface area (Å²) in [6, 6.07) is 7.45. The van der Waals surface area contributed by atoms with Crippen LogP contribution in [-0.2, 0) is 9.59 Å². The van der Waals surface area contributed by atoms with Crippen LogP contribution in [0, 0.1) is 5.92 Å². The molecule has 0 saturated heterocycles. The monoisotopic (exact) mass is 361 g/mol. The molecule has 2 rings (SSSR count). The average molecular weight is 362 g/mol. The summed E-state index contributed by atoms with van der Waals surface area (Å²) in [6.45, 7) is 11.2. The topological polar surface area (TPSA) is 46.6 Å². The first-order valence-electron chi connectivity index (χ1n) is 8.85. The SMILES string of the molecule is CCCOc1ccc(C2=C(SC(C)C)C(=O)N(CC(C)C)C2=O)cc1. The molecule has 2 amide bonds. The lowest BCUT2D eigenvalue weighted by Crippen LogP contribution is -2.34. The van der Waals surface area contributed by atoms with E-state index in [9.17, 15) is 9.59 Å². The maximum absolute atomic E-state index is 12.9. The van der Waals surface area contributed by atoms with Gasteiger partial charge in [-0.25, -0.2) is 0 Å². The highest BCUT2D eigenvalue weighted by Gasteiger charge is 2.39. The highest BCUT2D eigenvalue weighted by Crippen LogP contribution is 2.38. The maximum atomic E-state index is 12.9. The molecule has 0 N–H and O–H groups in total. The predicted octanol–water partition coefficient (Wildman–Crippen LogP) is 4.35. The fourth-order valence-electron chi connectivity index (χ4n) is 2.62. The molecule has 1 aromatic rings. The van der Waals surface area contributed by atoms with E-state index in [1.807, 2.05) is 52.0 Å². The Kier molecular flexibility index (Phi) is 6.71. The molecule has 0 radical (unpaired) electrons. The van der Waals surface area contributed by atoms with Crippen LogP contribution in [0.3, 0.4) is 0 Å². The van der Waals surface area contributed by atoms with Crippen LogP contribution in [0.1, 0.15) is 46.6 Å². The Labute approximate surface area is 154 Å². The molecular formula is C20H27NO3S. The molecule has 5 heteroatoms. The molecule has 0 aliphatic carbocycles. The van der Waals surface area contributed by atoms with E-state index in [0.717, 1.165) is 17.7 Å². The van der Waals surface area contributed by atoms with Crippen LogP contribution in [0.15, 0.2) is 29.2 Å². The zero-order chi connectivity index (χ0) is 18.6. The first kappa shape index (κ1) is 19.6. The summed E-state index contributed by atoms with van der Waals surface area (Å²) in [5.41, 5.74) is 1.29. The van der Waals surface area contributed by atoms with Gasteiger partial charge in [0.15, 0.2) is 0 Å². The second kappa shape index (κ2) is 8.56. The molecule has 136 valence electrons. The number of carbonyl (C=O) groups excluding carboxylic acids is 2. The molecule has 1 aromatic carbocycles. The van der Waals surface area contributed by atoms with Gasteiger partial charge in [-0.3, -0.25) is 14.5 Å². The first-order valence-corrected chi connectivity index (χ1v) is 9.73. The molecule has 1 heterocycles. The molecule has 0 unspecified atom stereocenters. The van der Waals surface area contributed by atoms with Crippen molar-refractivity contribution >= 4 is 29.1 Å². The molecule has 4 nitrogen and oxygen atoms in total. The van der Waals surface area contributed by atoms with E-state index in [1.165, 1.54) is 16.7 Å². The number of nitrogens with zero attached hydrogens (tertiary/aromatic N) is 1. The lowest BCUT2D eigenvalue weighted by molar-refractivity contribution is -0.137. The summed E-state index contributed by atoms with van der Waals surface area (Å²) >= 11 is 1.46. The van der Waals surface area contributed by atoms with Gasteiger partial charge >= 0.3 is 0 Å². The summed E-state index contributed by atoms with van der Waals surface area (Å²) in [4.78, 5) is 27.6. The van der Waals surface area contributed by atoms with Crippen molar-refractivity contribution < 1.29 is 14.3 Å². The van der Waals surface area contributed by atoms with Crippen LogP contribution >= 0.6 is 11.8 Å². The van der Waals surface area contributed by atoms with E-state index in [-0.39, 0.29) is 23.0 Å². The van der Waals surface area contributed by atoms with Crippen LogP contribution in [0.4, 0.5) is 0 Å². The minimum absolute atomic E-state index is 0.168. The molecule has 0 spiro atoms. The number of hydrogen-bond acceptors (Lipinski definition) is 4. The van der Waals surface area contributed by atoms with Crippen molar-refractivity contribution in [1.82, 2.24) is 4.90 Å². The zero-order valence-corrected chi connectivity index (χ0v) is 16.5. The van der Waals surface area contributed by atoms with E-state index >= 15 is 0 Å². The second-order valence-electron chi connectivity index (χ2n) is 6.86. The smallest absolute Gasteiger partial charge is 0.268 e. The minimum Gasteiger partial charge on any atom is -0.494 e. The lowest BCUT2D eigenvalue weighted by atomic mass is 10.1. The Hall–Kier alpha value is -1.75. The van der Waals surface area contributed by atoms with Crippen molar-refractivity contribution in [2.75, 3.05) is 13.2 Å². The molecule has 1 aliphatic heterocycles. The highest BCUT2D eigenvalue weighted by molar-refractivity contribution is 8.04. The van der Waals surface area contributed by atoms with Gasteiger partial charge in [0.05, 0.1) is 17.1 Å². The Morgan fingerprint density at radius 3 is 2.20 bits per heavy atom. The van der Waals surface area contributed by atoms with Crippen molar-refractivity contribution in [2.45, 2.75) is 46.3 Å². The lowest BCUT2D eigenvalue weighted by Gasteiger charge is -2.17. The Morgan fingerprint density at radius 1 is 1.04 bits per heavy atom. The van der Waals surface area contributed by atoms with Gasteiger partial charge in [-0.1, -0.05) is 46.8 Å².